The van der Waals surface area contributed by atoms with Crippen molar-refractivity contribution >= 4 is 40.5 Å². The molecule has 0 radical (unpaired) electrons. The maximum absolute atomic E-state index is 12.0. The van der Waals surface area contributed by atoms with Crippen LogP contribution in [0.1, 0.15) is 6.42 Å². The summed E-state index contributed by atoms with van der Waals surface area (Å²) in [6, 6.07) is 10.4. The minimum Gasteiger partial charge on any atom is -0.493 e. The molecule has 0 heterocycles. The van der Waals surface area contributed by atoms with Crippen molar-refractivity contribution in [2.75, 3.05) is 31.4 Å². The summed E-state index contributed by atoms with van der Waals surface area (Å²) < 4.78 is 10.4. The molecule has 2 aromatic carbocycles. The van der Waals surface area contributed by atoms with Crippen LogP contribution in [0, 0.1) is 0 Å². The molecule has 24 heavy (non-hydrogen) atoms. The van der Waals surface area contributed by atoms with E-state index in [0.717, 1.165) is 5.69 Å². The minimum atomic E-state index is -0.160. The third-order valence-corrected chi connectivity index (χ3v) is 3.83. The number of anilines is 2. The van der Waals surface area contributed by atoms with Crippen molar-refractivity contribution in [1.29, 1.82) is 0 Å². The molecule has 0 saturated heterocycles. The SMILES string of the molecule is COc1ccc(NCCC(=O)Nc2cc(Cl)ccc2Cl)cc1OC. The molecule has 0 unspecified atom stereocenters. The number of hydrogen-bond acceptors (Lipinski definition) is 4. The van der Waals surface area contributed by atoms with Crippen molar-refractivity contribution in [2.24, 2.45) is 0 Å². The fraction of sp³-hybridized carbons (Fsp3) is 0.235. The normalized spacial score (nSPS) is 10.2. The van der Waals surface area contributed by atoms with Gasteiger partial charge in [0, 0.05) is 29.7 Å². The standard InChI is InChI=1S/C17H18Cl2N2O3/c1-23-15-6-4-12(10-16(15)24-2)20-8-7-17(22)21-14-9-11(18)3-5-13(14)19/h3-6,9-10,20H,7-8H2,1-2H3,(H,21,22). The maximum Gasteiger partial charge on any atom is 0.226 e. The first-order chi connectivity index (χ1) is 11.5. The Balaban J connectivity index is 1.87. The Labute approximate surface area is 150 Å². The zero-order valence-electron chi connectivity index (χ0n) is 13.4. The van der Waals surface area contributed by atoms with Gasteiger partial charge in [-0.25, -0.2) is 0 Å². The lowest BCUT2D eigenvalue weighted by atomic mass is 10.2. The Kier molecular flexibility index (Phi) is 6.58. The van der Waals surface area contributed by atoms with Gasteiger partial charge in [0.05, 0.1) is 24.9 Å². The van der Waals surface area contributed by atoms with E-state index < -0.39 is 0 Å². The Morgan fingerprint density at radius 2 is 1.79 bits per heavy atom. The summed E-state index contributed by atoms with van der Waals surface area (Å²) in [6.45, 7) is 0.458. The highest BCUT2D eigenvalue weighted by Crippen LogP contribution is 2.29. The van der Waals surface area contributed by atoms with E-state index >= 15 is 0 Å². The smallest absolute Gasteiger partial charge is 0.226 e. The second kappa shape index (κ2) is 8.66. The number of nitrogens with one attached hydrogen (secondary N) is 2. The Hall–Kier alpha value is -2.11. The van der Waals surface area contributed by atoms with Crippen LogP contribution >= 0.6 is 23.2 Å². The summed E-state index contributed by atoms with van der Waals surface area (Å²) in [5, 5.41) is 6.85. The summed E-state index contributed by atoms with van der Waals surface area (Å²) in [5.74, 6) is 1.11. The van der Waals surface area contributed by atoms with Gasteiger partial charge in [-0.1, -0.05) is 23.2 Å². The summed E-state index contributed by atoms with van der Waals surface area (Å²) in [4.78, 5) is 12.0. The molecule has 0 aromatic heterocycles. The monoisotopic (exact) mass is 368 g/mol. The molecule has 128 valence electrons. The van der Waals surface area contributed by atoms with Crippen molar-refractivity contribution in [2.45, 2.75) is 6.42 Å². The van der Waals surface area contributed by atoms with Gasteiger partial charge in [-0.2, -0.15) is 0 Å². The Morgan fingerprint density at radius 1 is 1.04 bits per heavy atom. The number of halogens is 2. The van der Waals surface area contributed by atoms with Gasteiger partial charge in [-0.15, -0.1) is 0 Å². The van der Waals surface area contributed by atoms with Crippen LogP contribution in [0.3, 0.4) is 0 Å². The number of carbonyl (C=O) groups excluding carboxylic acids is 1. The molecule has 2 N–H and O–H groups in total. The molecule has 0 aliphatic carbocycles. The first-order valence-electron chi connectivity index (χ1n) is 7.24. The number of rotatable bonds is 7. The fourth-order valence-electron chi connectivity index (χ4n) is 2.07. The van der Waals surface area contributed by atoms with Crippen LogP contribution in [0.4, 0.5) is 11.4 Å². The predicted molar refractivity (Wildman–Crippen MR) is 97.7 cm³/mol. The third-order valence-electron chi connectivity index (χ3n) is 3.27. The molecule has 0 atom stereocenters. The van der Waals surface area contributed by atoms with Crippen LogP contribution in [0.15, 0.2) is 36.4 Å². The number of hydrogen-bond donors (Lipinski definition) is 2. The maximum atomic E-state index is 12.0. The van der Waals surface area contributed by atoms with Gasteiger partial charge < -0.3 is 20.1 Å². The lowest BCUT2D eigenvalue weighted by Crippen LogP contribution is -2.16. The molecule has 7 heteroatoms. The van der Waals surface area contributed by atoms with Crippen molar-refractivity contribution in [3.05, 3.63) is 46.4 Å². The van der Waals surface area contributed by atoms with E-state index in [1.54, 1.807) is 38.5 Å². The van der Waals surface area contributed by atoms with Gasteiger partial charge in [0.15, 0.2) is 11.5 Å². The number of carbonyl (C=O) groups is 1. The molecule has 0 aliphatic rings. The highest BCUT2D eigenvalue weighted by Gasteiger charge is 2.08. The van der Waals surface area contributed by atoms with Gasteiger partial charge in [-0.05, 0) is 30.3 Å². The van der Waals surface area contributed by atoms with Crippen molar-refractivity contribution < 1.29 is 14.3 Å². The first-order valence-corrected chi connectivity index (χ1v) is 8.00. The molecule has 0 spiro atoms. The van der Waals surface area contributed by atoms with Crippen LogP contribution in [-0.4, -0.2) is 26.7 Å². The Morgan fingerprint density at radius 3 is 2.50 bits per heavy atom. The number of methoxy groups -OCH3 is 2. The summed E-state index contributed by atoms with van der Waals surface area (Å²) >= 11 is 11.9. The zero-order chi connectivity index (χ0) is 17.5. The number of ether oxygens (including phenoxy) is 2. The molecule has 1 amide bonds. The molecular formula is C17H18Cl2N2O3. The predicted octanol–water partition coefficient (Wildman–Crippen LogP) is 4.45. The van der Waals surface area contributed by atoms with Crippen molar-refractivity contribution in [3.63, 3.8) is 0 Å². The summed E-state index contributed by atoms with van der Waals surface area (Å²) in [7, 11) is 3.15. The van der Waals surface area contributed by atoms with Crippen molar-refractivity contribution in [3.8, 4) is 11.5 Å². The largest absolute Gasteiger partial charge is 0.493 e. The topological polar surface area (TPSA) is 59.6 Å². The molecular weight excluding hydrogens is 351 g/mol. The van der Waals surface area contributed by atoms with E-state index in [0.29, 0.717) is 33.8 Å². The Bertz CT molecular complexity index is 723. The highest BCUT2D eigenvalue weighted by atomic mass is 35.5. The van der Waals surface area contributed by atoms with Gasteiger partial charge >= 0.3 is 0 Å². The second-order valence-corrected chi connectivity index (χ2v) is 5.76. The summed E-state index contributed by atoms with van der Waals surface area (Å²) in [6.07, 6.45) is 0.275. The molecule has 0 saturated carbocycles. The lowest BCUT2D eigenvalue weighted by Gasteiger charge is -2.11. The van der Waals surface area contributed by atoms with Crippen LogP contribution in [-0.2, 0) is 4.79 Å². The van der Waals surface area contributed by atoms with E-state index in [1.807, 2.05) is 12.1 Å². The lowest BCUT2D eigenvalue weighted by molar-refractivity contribution is -0.115. The van der Waals surface area contributed by atoms with Gasteiger partial charge in [0.2, 0.25) is 5.91 Å². The molecule has 0 bridgehead atoms. The second-order valence-electron chi connectivity index (χ2n) is 4.92. The van der Waals surface area contributed by atoms with E-state index in [-0.39, 0.29) is 12.3 Å². The van der Waals surface area contributed by atoms with Crippen LogP contribution < -0.4 is 20.1 Å². The van der Waals surface area contributed by atoms with Gasteiger partial charge in [0.1, 0.15) is 0 Å². The van der Waals surface area contributed by atoms with E-state index in [1.165, 1.54) is 0 Å². The quantitative estimate of drug-likeness (QED) is 0.757. The number of amides is 1. The molecule has 0 fully saturated rings. The molecule has 0 aliphatic heterocycles. The molecule has 2 rings (SSSR count). The van der Waals surface area contributed by atoms with E-state index in [2.05, 4.69) is 10.6 Å². The van der Waals surface area contributed by atoms with E-state index in [9.17, 15) is 4.79 Å². The van der Waals surface area contributed by atoms with Gasteiger partial charge in [0.25, 0.3) is 0 Å². The highest BCUT2D eigenvalue weighted by molar-refractivity contribution is 6.35. The molecule has 5 nitrogen and oxygen atoms in total. The van der Waals surface area contributed by atoms with Crippen LogP contribution in [0.2, 0.25) is 10.0 Å². The van der Waals surface area contributed by atoms with Gasteiger partial charge in [-0.3, -0.25) is 4.79 Å². The zero-order valence-corrected chi connectivity index (χ0v) is 14.9. The third kappa shape index (κ3) is 4.94. The first kappa shape index (κ1) is 18.2. The number of benzene rings is 2. The van der Waals surface area contributed by atoms with Crippen molar-refractivity contribution in [1.82, 2.24) is 0 Å². The van der Waals surface area contributed by atoms with Crippen LogP contribution in [0.25, 0.3) is 0 Å². The van der Waals surface area contributed by atoms with Crippen LogP contribution in [0.5, 0.6) is 11.5 Å². The average molecular weight is 369 g/mol. The van der Waals surface area contributed by atoms with E-state index in [4.69, 9.17) is 32.7 Å². The molecule has 2 aromatic rings. The fourth-order valence-corrected chi connectivity index (χ4v) is 2.41. The minimum absolute atomic E-state index is 0.160. The summed E-state index contributed by atoms with van der Waals surface area (Å²) in [5.41, 5.74) is 1.33. The average Bonchev–Trinajstić information content (AvgIpc) is 2.58.